The van der Waals surface area contributed by atoms with Crippen molar-refractivity contribution in [3.05, 3.63) is 53.7 Å². The number of hydrogen-bond donors (Lipinski definition) is 1. The zero-order valence-corrected chi connectivity index (χ0v) is 12.0. The molecule has 0 radical (unpaired) electrons. The van der Waals surface area contributed by atoms with E-state index in [1.54, 1.807) is 0 Å². The first-order valence-corrected chi connectivity index (χ1v) is 7.21. The summed E-state index contributed by atoms with van der Waals surface area (Å²) in [5, 5.41) is 8.09. The molecule has 3 heterocycles. The van der Waals surface area contributed by atoms with Gasteiger partial charge in [-0.1, -0.05) is 24.3 Å². The maximum Gasteiger partial charge on any atom is 0.250 e. The summed E-state index contributed by atoms with van der Waals surface area (Å²) in [5.41, 5.74) is 4.53. The fourth-order valence-electron chi connectivity index (χ4n) is 2.81. The van der Waals surface area contributed by atoms with E-state index in [0.29, 0.717) is 0 Å². The standard InChI is InChI=1S/C16H17N5/c1-12-5-4-9-21-15(12)18-16(19-21)20-10-8-17-11-13-6-2-3-7-14(13)20/h2-7,9,17H,8,10-11H2,1H3. The second-order valence-corrected chi connectivity index (χ2v) is 5.33. The van der Waals surface area contributed by atoms with E-state index < -0.39 is 0 Å². The molecule has 2 aromatic heterocycles. The Labute approximate surface area is 123 Å². The smallest absolute Gasteiger partial charge is 0.250 e. The van der Waals surface area contributed by atoms with Crippen LogP contribution in [0.15, 0.2) is 42.6 Å². The fraction of sp³-hybridized carbons (Fsp3) is 0.250. The van der Waals surface area contributed by atoms with Crippen LogP contribution in [0.2, 0.25) is 0 Å². The monoisotopic (exact) mass is 279 g/mol. The van der Waals surface area contributed by atoms with Crippen LogP contribution in [0.5, 0.6) is 0 Å². The Bertz CT molecular complexity index is 792. The molecular formula is C16H17N5. The van der Waals surface area contributed by atoms with E-state index in [9.17, 15) is 0 Å². The van der Waals surface area contributed by atoms with Crippen molar-refractivity contribution in [1.29, 1.82) is 0 Å². The van der Waals surface area contributed by atoms with E-state index in [2.05, 4.69) is 52.6 Å². The van der Waals surface area contributed by atoms with Crippen molar-refractivity contribution in [1.82, 2.24) is 19.9 Å². The minimum atomic E-state index is 0.764. The van der Waals surface area contributed by atoms with E-state index >= 15 is 0 Å². The molecule has 0 bridgehead atoms. The summed E-state index contributed by atoms with van der Waals surface area (Å²) in [6, 6.07) is 12.5. The van der Waals surface area contributed by atoms with Gasteiger partial charge in [0.05, 0.1) is 0 Å². The Morgan fingerprint density at radius 2 is 2.05 bits per heavy atom. The van der Waals surface area contributed by atoms with Crippen molar-refractivity contribution in [2.24, 2.45) is 0 Å². The highest BCUT2D eigenvalue weighted by atomic mass is 15.4. The van der Waals surface area contributed by atoms with Crippen LogP contribution in [0.25, 0.3) is 5.65 Å². The predicted octanol–water partition coefficient (Wildman–Crippen LogP) is 2.28. The molecule has 1 aromatic carbocycles. The third-order valence-corrected chi connectivity index (χ3v) is 3.90. The molecule has 4 rings (SSSR count). The molecule has 5 heteroatoms. The lowest BCUT2D eigenvalue weighted by atomic mass is 10.1. The van der Waals surface area contributed by atoms with Gasteiger partial charge in [0.1, 0.15) is 0 Å². The molecule has 0 aliphatic carbocycles. The molecule has 3 aromatic rings. The molecule has 0 amide bonds. The molecule has 5 nitrogen and oxygen atoms in total. The van der Waals surface area contributed by atoms with Gasteiger partial charge in [0.2, 0.25) is 5.95 Å². The van der Waals surface area contributed by atoms with Gasteiger partial charge in [-0.2, -0.15) is 4.98 Å². The van der Waals surface area contributed by atoms with Crippen LogP contribution in [0.1, 0.15) is 11.1 Å². The van der Waals surface area contributed by atoms with E-state index in [1.165, 1.54) is 11.3 Å². The van der Waals surface area contributed by atoms with Crippen molar-refractivity contribution in [3.63, 3.8) is 0 Å². The first kappa shape index (κ1) is 12.3. The molecular weight excluding hydrogens is 262 g/mol. The first-order chi connectivity index (χ1) is 10.3. The minimum absolute atomic E-state index is 0.764. The maximum absolute atomic E-state index is 4.73. The zero-order chi connectivity index (χ0) is 14.2. The van der Waals surface area contributed by atoms with Crippen LogP contribution in [0.3, 0.4) is 0 Å². The average Bonchev–Trinajstić information content (AvgIpc) is 2.82. The highest BCUT2D eigenvalue weighted by molar-refractivity contribution is 5.64. The lowest BCUT2D eigenvalue weighted by molar-refractivity contribution is 0.708. The number of pyridine rings is 1. The van der Waals surface area contributed by atoms with Gasteiger partial charge in [0.25, 0.3) is 0 Å². The Balaban J connectivity index is 1.86. The molecule has 0 atom stereocenters. The molecule has 1 aliphatic heterocycles. The SMILES string of the molecule is Cc1cccn2nc(N3CCNCc4ccccc43)nc12. The summed E-state index contributed by atoms with van der Waals surface area (Å²) in [6.07, 6.45) is 1.95. The molecule has 1 N–H and O–H groups in total. The number of aryl methyl sites for hydroxylation is 1. The number of nitrogens with one attached hydrogen (secondary N) is 1. The predicted molar refractivity (Wildman–Crippen MR) is 82.9 cm³/mol. The summed E-state index contributed by atoms with van der Waals surface area (Å²) in [4.78, 5) is 6.92. The molecule has 0 spiro atoms. The zero-order valence-electron chi connectivity index (χ0n) is 12.0. The number of fused-ring (bicyclic) bond motifs is 2. The largest absolute Gasteiger partial charge is 0.311 e. The van der Waals surface area contributed by atoms with Gasteiger partial charge in [0.15, 0.2) is 5.65 Å². The van der Waals surface area contributed by atoms with Gasteiger partial charge in [-0.3, -0.25) is 0 Å². The quantitative estimate of drug-likeness (QED) is 0.742. The van der Waals surface area contributed by atoms with Crippen molar-refractivity contribution in [2.75, 3.05) is 18.0 Å². The normalized spacial score (nSPS) is 15.0. The summed E-state index contributed by atoms with van der Waals surface area (Å²) < 4.78 is 1.85. The molecule has 0 saturated carbocycles. The lowest BCUT2D eigenvalue weighted by Crippen LogP contribution is -2.25. The minimum Gasteiger partial charge on any atom is -0.311 e. The second-order valence-electron chi connectivity index (χ2n) is 5.33. The van der Waals surface area contributed by atoms with Gasteiger partial charge >= 0.3 is 0 Å². The number of benzene rings is 1. The number of para-hydroxylation sites is 1. The molecule has 0 saturated heterocycles. The molecule has 106 valence electrons. The van der Waals surface area contributed by atoms with Crippen LogP contribution >= 0.6 is 0 Å². The van der Waals surface area contributed by atoms with Crippen LogP contribution < -0.4 is 10.2 Å². The fourth-order valence-corrected chi connectivity index (χ4v) is 2.81. The van der Waals surface area contributed by atoms with Crippen molar-refractivity contribution in [3.8, 4) is 0 Å². The van der Waals surface area contributed by atoms with E-state index in [1.807, 2.05) is 16.8 Å². The molecule has 21 heavy (non-hydrogen) atoms. The molecule has 0 unspecified atom stereocenters. The van der Waals surface area contributed by atoms with Gasteiger partial charge in [0, 0.05) is 31.5 Å². The Morgan fingerprint density at radius 3 is 2.95 bits per heavy atom. The van der Waals surface area contributed by atoms with Crippen molar-refractivity contribution < 1.29 is 0 Å². The Kier molecular flexibility index (Phi) is 2.86. The Morgan fingerprint density at radius 1 is 1.14 bits per heavy atom. The van der Waals surface area contributed by atoms with Crippen LogP contribution in [-0.4, -0.2) is 27.7 Å². The third kappa shape index (κ3) is 2.06. The highest BCUT2D eigenvalue weighted by Gasteiger charge is 2.20. The molecule has 1 aliphatic rings. The number of rotatable bonds is 1. The van der Waals surface area contributed by atoms with Gasteiger partial charge in [-0.15, -0.1) is 5.10 Å². The van der Waals surface area contributed by atoms with E-state index in [-0.39, 0.29) is 0 Å². The summed E-state index contributed by atoms with van der Waals surface area (Å²) in [7, 11) is 0. The second kappa shape index (κ2) is 4.86. The lowest BCUT2D eigenvalue weighted by Gasteiger charge is -2.20. The maximum atomic E-state index is 4.73. The topological polar surface area (TPSA) is 45.5 Å². The number of hydrogen-bond acceptors (Lipinski definition) is 4. The van der Waals surface area contributed by atoms with Gasteiger partial charge in [-0.25, -0.2) is 4.52 Å². The van der Waals surface area contributed by atoms with Gasteiger partial charge < -0.3 is 10.2 Å². The summed E-state index contributed by atoms with van der Waals surface area (Å²) in [5.74, 6) is 0.764. The van der Waals surface area contributed by atoms with Crippen molar-refractivity contribution >= 4 is 17.3 Å². The van der Waals surface area contributed by atoms with Crippen LogP contribution in [0, 0.1) is 6.92 Å². The number of nitrogens with zero attached hydrogens (tertiary/aromatic N) is 4. The van der Waals surface area contributed by atoms with Gasteiger partial charge in [-0.05, 0) is 30.2 Å². The van der Waals surface area contributed by atoms with E-state index in [4.69, 9.17) is 4.98 Å². The Hall–Kier alpha value is -2.40. The number of anilines is 2. The van der Waals surface area contributed by atoms with Crippen LogP contribution in [-0.2, 0) is 6.54 Å². The summed E-state index contributed by atoms with van der Waals surface area (Å²) in [6.45, 7) is 4.74. The average molecular weight is 279 g/mol. The third-order valence-electron chi connectivity index (χ3n) is 3.90. The first-order valence-electron chi connectivity index (χ1n) is 7.21. The van der Waals surface area contributed by atoms with Crippen LogP contribution in [0.4, 0.5) is 11.6 Å². The highest BCUT2D eigenvalue weighted by Crippen LogP contribution is 2.28. The van der Waals surface area contributed by atoms with Crippen molar-refractivity contribution in [2.45, 2.75) is 13.5 Å². The summed E-state index contributed by atoms with van der Waals surface area (Å²) >= 11 is 0. The number of aromatic nitrogens is 3. The molecule has 0 fully saturated rings. The van der Waals surface area contributed by atoms with E-state index in [0.717, 1.165) is 36.8 Å².